The van der Waals surface area contributed by atoms with Gasteiger partial charge in [-0.05, 0) is 49.0 Å². The van der Waals surface area contributed by atoms with Crippen molar-refractivity contribution in [3.8, 4) is 0 Å². The van der Waals surface area contributed by atoms with Gasteiger partial charge in [0.15, 0.2) is 5.11 Å². The van der Waals surface area contributed by atoms with Gasteiger partial charge in [-0.15, -0.1) is 0 Å². The first-order valence-electron chi connectivity index (χ1n) is 6.10. The van der Waals surface area contributed by atoms with Crippen LogP contribution in [0.25, 0.3) is 0 Å². The molecule has 0 spiro atoms. The molecule has 0 radical (unpaired) electrons. The summed E-state index contributed by atoms with van der Waals surface area (Å²) in [4.78, 5) is 12.1. The highest BCUT2D eigenvalue weighted by molar-refractivity contribution is 7.80. The highest BCUT2D eigenvalue weighted by atomic mass is 35.5. The van der Waals surface area contributed by atoms with Crippen LogP contribution < -0.4 is 10.6 Å². The normalized spacial score (nSPS) is 10.0. The van der Waals surface area contributed by atoms with Crippen molar-refractivity contribution in [2.45, 2.75) is 6.92 Å². The number of aryl methyl sites for hydroxylation is 1. The van der Waals surface area contributed by atoms with Crippen LogP contribution in [0, 0.1) is 6.92 Å². The Hall–Kier alpha value is -1.62. The SMILES string of the molecule is Cc1ccccc1C(=O)NC(=S)Nc1ccc(Cl)c(Cl)c1. The third-order valence-corrected chi connectivity index (χ3v) is 3.74. The number of nitrogens with one attached hydrogen (secondary N) is 2. The minimum atomic E-state index is -0.259. The Balaban J connectivity index is 2.03. The average Bonchev–Trinajstić information content (AvgIpc) is 2.43. The molecular weight excluding hydrogens is 327 g/mol. The van der Waals surface area contributed by atoms with E-state index in [0.717, 1.165) is 5.56 Å². The first kappa shape index (κ1) is 15.8. The Kier molecular flexibility index (Phi) is 5.17. The zero-order valence-corrected chi connectivity index (χ0v) is 13.4. The minimum absolute atomic E-state index is 0.196. The molecule has 21 heavy (non-hydrogen) atoms. The number of carbonyl (C=O) groups excluding carboxylic acids is 1. The van der Waals surface area contributed by atoms with Crippen LogP contribution in [-0.2, 0) is 0 Å². The summed E-state index contributed by atoms with van der Waals surface area (Å²) in [6.45, 7) is 1.87. The Morgan fingerprint density at radius 3 is 2.48 bits per heavy atom. The zero-order chi connectivity index (χ0) is 15.4. The van der Waals surface area contributed by atoms with Crippen LogP contribution >= 0.6 is 35.4 Å². The Morgan fingerprint density at radius 1 is 1.10 bits per heavy atom. The number of thiocarbonyl (C=S) groups is 1. The van der Waals surface area contributed by atoms with Crippen LogP contribution in [0.2, 0.25) is 10.0 Å². The largest absolute Gasteiger partial charge is 0.332 e. The Labute approximate surface area is 138 Å². The number of hydrogen-bond acceptors (Lipinski definition) is 2. The molecule has 0 aromatic heterocycles. The summed E-state index contributed by atoms with van der Waals surface area (Å²) in [5, 5.41) is 6.57. The quantitative estimate of drug-likeness (QED) is 0.796. The smallest absolute Gasteiger partial charge is 0.257 e. The van der Waals surface area contributed by atoms with Gasteiger partial charge in [0, 0.05) is 11.3 Å². The lowest BCUT2D eigenvalue weighted by Gasteiger charge is -2.11. The van der Waals surface area contributed by atoms with Crippen molar-refractivity contribution < 1.29 is 4.79 Å². The highest BCUT2D eigenvalue weighted by Gasteiger charge is 2.10. The number of hydrogen-bond donors (Lipinski definition) is 2. The molecule has 0 aliphatic heterocycles. The van der Waals surface area contributed by atoms with Crippen molar-refractivity contribution in [1.82, 2.24) is 5.32 Å². The molecule has 0 aliphatic carbocycles. The second-order valence-corrected chi connectivity index (χ2v) is 5.57. The van der Waals surface area contributed by atoms with E-state index in [2.05, 4.69) is 10.6 Å². The van der Waals surface area contributed by atoms with Gasteiger partial charge < -0.3 is 5.32 Å². The van der Waals surface area contributed by atoms with Crippen molar-refractivity contribution in [3.63, 3.8) is 0 Å². The van der Waals surface area contributed by atoms with E-state index in [4.69, 9.17) is 35.4 Å². The Bertz CT molecular complexity index is 704. The second-order valence-electron chi connectivity index (χ2n) is 4.35. The predicted molar refractivity (Wildman–Crippen MR) is 91.3 cm³/mol. The van der Waals surface area contributed by atoms with Crippen LogP contribution in [0.5, 0.6) is 0 Å². The molecule has 0 fully saturated rings. The summed E-state index contributed by atoms with van der Waals surface area (Å²) >= 11 is 16.9. The number of carbonyl (C=O) groups is 1. The van der Waals surface area contributed by atoms with Crippen LogP contribution in [0.1, 0.15) is 15.9 Å². The molecule has 0 aliphatic rings. The molecule has 3 nitrogen and oxygen atoms in total. The van der Waals surface area contributed by atoms with Gasteiger partial charge in [0.25, 0.3) is 5.91 Å². The van der Waals surface area contributed by atoms with Crippen molar-refractivity contribution >= 4 is 52.1 Å². The molecule has 6 heteroatoms. The number of anilines is 1. The summed E-state index contributed by atoms with van der Waals surface area (Å²) in [6, 6.07) is 12.3. The van der Waals surface area contributed by atoms with Gasteiger partial charge in [-0.25, -0.2) is 0 Å². The van der Waals surface area contributed by atoms with Gasteiger partial charge in [-0.3, -0.25) is 10.1 Å². The number of benzene rings is 2. The van der Waals surface area contributed by atoms with E-state index >= 15 is 0 Å². The molecule has 0 heterocycles. The number of rotatable bonds is 2. The molecule has 0 unspecified atom stereocenters. The second kappa shape index (κ2) is 6.89. The van der Waals surface area contributed by atoms with Crippen LogP contribution in [0.4, 0.5) is 5.69 Å². The van der Waals surface area contributed by atoms with Gasteiger partial charge in [0.1, 0.15) is 0 Å². The molecule has 0 atom stereocenters. The maximum Gasteiger partial charge on any atom is 0.257 e. The van der Waals surface area contributed by atoms with Crippen molar-refractivity contribution in [3.05, 3.63) is 63.6 Å². The highest BCUT2D eigenvalue weighted by Crippen LogP contribution is 2.24. The summed E-state index contributed by atoms with van der Waals surface area (Å²) in [7, 11) is 0. The Morgan fingerprint density at radius 2 is 1.81 bits per heavy atom. The van der Waals surface area contributed by atoms with E-state index < -0.39 is 0 Å². The summed E-state index contributed by atoms with van der Waals surface area (Å²) < 4.78 is 0. The van der Waals surface area contributed by atoms with Gasteiger partial charge in [-0.2, -0.15) is 0 Å². The van der Waals surface area contributed by atoms with Gasteiger partial charge >= 0.3 is 0 Å². The molecule has 2 N–H and O–H groups in total. The number of amides is 1. The average molecular weight is 339 g/mol. The fourth-order valence-corrected chi connectivity index (χ4v) is 2.24. The van der Waals surface area contributed by atoms with E-state index in [1.807, 2.05) is 19.1 Å². The molecule has 0 bridgehead atoms. The first-order chi connectivity index (χ1) is 9.97. The molecule has 2 aromatic rings. The van der Waals surface area contributed by atoms with E-state index in [1.54, 1.807) is 30.3 Å². The van der Waals surface area contributed by atoms with Gasteiger partial charge in [-0.1, -0.05) is 41.4 Å². The molecule has 0 saturated heterocycles. The maximum atomic E-state index is 12.1. The summed E-state index contributed by atoms with van der Waals surface area (Å²) in [5.74, 6) is -0.259. The molecule has 2 aromatic carbocycles. The van der Waals surface area contributed by atoms with E-state index in [0.29, 0.717) is 21.3 Å². The predicted octanol–water partition coefficient (Wildman–Crippen LogP) is 4.43. The lowest BCUT2D eigenvalue weighted by molar-refractivity contribution is 0.0977. The third-order valence-electron chi connectivity index (χ3n) is 2.79. The van der Waals surface area contributed by atoms with Crippen molar-refractivity contribution in [2.75, 3.05) is 5.32 Å². The van der Waals surface area contributed by atoms with Crippen molar-refractivity contribution in [2.24, 2.45) is 0 Å². The van der Waals surface area contributed by atoms with Crippen molar-refractivity contribution in [1.29, 1.82) is 0 Å². The fraction of sp³-hybridized carbons (Fsp3) is 0.0667. The first-order valence-corrected chi connectivity index (χ1v) is 7.27. The number of halogens is 2. The van der Waals surface area contributed by atoms with Gasteiger partial charge in [0.05, 0.1) is 10.0 Å². The standard InChI is InChI=1S/C15H12Cl2N2OS/c1-9-4-2-3-5-11(9)14(20)19-15(21)18-10-6-7-12(16)13(17)8-10/h2-8H,1H3,(H2,18,19,20,21). The summed E-state index contributed by atoms with van der Waals surface area (Å²) in [6.07, 6.45) is 0. The fourth-order valence-electron chi connectivity index (χ4n) is 1.73. The summed E-state index contributed by atoms with van der Waals surface area (Å²) in [5.41, 5.74) is 2.11. The van der Waals surface area contributed by atoms with Crippen LogP contribution in [0.3, 0.4) is 0 Å². The zero-order valence-electron chi connectivity index (χ0n) is 11.1. The monoisotopic (exact) mass is 338 g/mol. The topological polar surface area (TPSA) is 41.1 Å². The molecule has 0 saturated carbocycles. The molecular formula is C15H12Cl2N2OS. The van der Waals surface area contributed by atoms with Crippen LogP contribution in [0.15, 0.2) is 42.5 Å². The lowest BCUT2D eigenvalue weighted by atomic mass is 10.1. The molecule has 108 valence electrons. The van der Waals surface area contributed by atoms with E-state index in [-0.39, 0.29) is 11.0 Å². The van der Waals surface area contributed by atoms with Gasteiger partial charge in [0.2, 0.25) is 0 Å². The van der Waals surface area contributed by atoms with E-state index in [9.17, 15) is 4.79 Å². The molecule has 1 amide bonds. The van der Waals surface area contributed by atoms with Crippen LogP contribution in [-0.4, -0.2) is 11.0 Å². The van der Waals surface area contributed by atoms with E-state index in [1.165, 1.54) is 0 Å². The lowest BCUT2D eigenvalue weighted by Crippen LogP contribution is -2.34. The maximum absolute atomic E-state index is 12.1. The molecule has 2 rings (SSSR count). The third kappa shape index (κ3) is 4.17. The minimum Gasteiger partial charge on any atom is -0.332 e.